The molecule has 134 valence electrons. The van der Waals surface area contributed by atoms with Crippen LogP contribution in [0.15, 0.2) is 41.8 Å². The molecule has 2 heterocycles. The van der Waals surface area contributed by atoms with Crippen LogP contribution >= 0.6 is 11.3 Å². The molecular formula is C20H19NO4S. The van der Waals surface area contributed by atoms with E-state index < -0.39 is 5.97 Å². The predicted octanol–water partition coefficient (Wildman–Crippen LogP) is 3.89. The van der Waals surface area contributed by atoms with Crippen LogP contribution in [0.25, 0.3) is 0 Å². The van der Waals surface area contributed by atoms with Crippen LogP contribution in [0.1, 0.15) is 35.9 Å². The molecule has 1 aliphatic heterocycles. The summed E-state index contributed by atoms with van der Waals surface area (Å²) in [7, 11) is 0. The molecule has 3 atom stereocenters. The van der Waals surface area contributed by atoms with Gasteiger partial charge in [-0.05, 0) is 48.8 Å². The summed E-state index contributed by atoms with van der Waals surface area (Å²) < 4.78 is 5.39. The van der Waals surface area contributed by atoms with Gasteiger partial charge in [0.15, 0.2) is 0 Å². The fourth-order valence-corrected chi connectivity index (χ4v) is 4.48. The zero-order valence-electron chi connectivity index (χ0n) is 14.4. The Morgan fingerprint density at radius 3 is 2.69 bits per heavy atom. The van der Waals surface area contributed by atoms with Crippen LogP contribution in [0.2, 0.25) is 0 Å². The van der Waals surface area contributed by atoms with E-state index in [-0.39, 0.29) is 23.7 Å². The van der Waals surface area contributed by atoms with Crippen LogP contribution in [0, 0.1) is 17.8 Å². The topological polar surface area (TPSA) is 63.7 Å². The maximum Gasteiger partial charge on any atom is 0.353 e. The minimum absolute atomic E-state index is 0.131. The Balaban J connectivity index is 1.57. The van der Waals surface area contributed by atoms with E-state index in [1.165, 1.54) is 16.2 Å². The Hall–Kier alpha value is -2.47. The number of amides is 2. The quantitative estimate of drug-likeness (QED) is 0.468. The van der Waals surface area contributed by atoms with Crippen molar-refractivity contribution in [3.8, 4) is 5.75 Å². The Kier molecular flexibility index (Phi) is 4.36. The molecule has 0 N–H and O–H groups in total. The molecule has 6 heteroatoms. The molecular weight excluding hydrogens is 350 g/mol. The molecule has 0 unspecified atom stereocenters. The van der Waals surface area contributed by atoms with Crippen molar-refractivity contribution in [2.24, 2.45) is 17.8 Å². The maximum absolute atomic E-state index is 12.8. The Bertz CT molecular complexity index is 860. The van der Waals surface area contributed by atoms with E-state index in [4.69, 9.17) is 4.74 Å². The van der Waals surface area contributed by atoms with Crippen LogP contribution in [0.4, 0.5) is 5.69 Å². The number of carbonyl (C=O) groups excluding carboxylic acids is 3. The van der Waals surface area contributed by atoms with Crippen molar-refractivity contribution in [1.29, 1.82) is 0 Å². The molecule has 5 nitrogen and oxygen atoms in total. The molecule has 4 rings (SSSR count). The molecule has 2 aromatic rings. The molecule has 0 bridgehead atoms. The SMILES string of the molecule is C[C@@H]1CC[C@H]2C(=O)N(c3cccc(OC(=O)c4cccs4)c3)C(=O)[C@H]2C1. The Labute approximate surface area is 155 Å². The number of fused-ring (bicyclic) bond motifs is 1. The van der Waals surface area contributed by atoms with Crippen LogP contribution < -0.4 is 9.64 Å². The van der Waals surface area contributed by atoms with Gasteiger partial charge in [-0.15, -0.1) is 11.3 Å². The Morgan fingerprint density at radius 1 is 1.12 bits per heavy atom. The van der Waals surface area contributed by atoms with Gasteiger partial charge >= 0.3 is 5.97 Å². The molecule has 26 heavy (non-hydrogen) atoms. The van der Waals surface area contributed by atoms with E-state index in [0.717, 1.165) is 19.3 Å². The first-order valence-corrected chi connectivity index (χ1v) is 9.66. The number of hydrogen-bond donors (Lipinski definition) is 0. The number of benzene rings is 1. The summed E-state index contributed by atoms with van der Waals surface area (Å²) in [6, 6.07) is 10.1. The third-order valence-electron chi connectivity index (χ3n) is 5.20. The van der Waals surface area contributed by atoms with Crippen molar-refractivity contribution in [2.45, 2.75) is 26.2 Å². The molecule has 2 aliphatic rings. The van der Waals surface area contributed by atoms with Gasteiger partial charge in [-0.3, -0.25) is 9.59 Å². The summed E-state index contributed by atoms with van der Waals surface area (Å²) in [5.41, 5.74) is 0.471. The van der Waals surface area contributed by atoms with Gasteiger partial charge in [-0.2, -0.15) is 0 Å². The summed E-state index contributed by atoms with van der Waals surface area (Å²) in [6.45, 7) is 2.13. The highest BCUT2D eigenvalue weighted by Gasteiger charge is 2.50. The lowest BCUT2D eigenvalue weighted by Crippen LogP contribution is -2.30. The second kappa shape index (κ2) is 6.68. The summed E-state index contributed by atoms with van der Waals surface area (Å²) in [6.07, 6.45) is 2.51. The number of esters is 1. The van der Waals surface area contributed by atoms with E-state index in [9.17, 15) is 14.4 Å². The number of nitrogens with zero attached hydrogens (tertiary/aromatic N) is 1. The fourth-order valence-electron chi connectivity index (χ4n) is 3.88. The van der Waals surface area contributed by atoms with Gasteiger partial charge in [0.05, 0.1) is 17.5 Å². The van der Waals surface area contributed by atoms with E-state index in [1.807, 2.05) is 0 Å². The van der Waals surface area contributed by atoms with Crippen molar-refractivity contribution in [1.82, 2.24) is 0 Å². The average molecular weight is 369 g/mol. The van der Waals surface area contributed by atoms with E-state index in [0.29, 0.717) is 22.2 Å². The largest absolute Gasteiger partial charge is 0.422 e. The highest BCUT2D eigenvalue weighted by molar-refractivity contribution is 7.12. The van der Waals surface area contributed by atoms with Gasteiger partial charge < -0.3 is 4.74 Å². The van der Waals surface area contributed by atoms with Gasteiger partial charge in [0.25, 0.3) is 0 Å². The van der Waals surface area contributed by atoms with Gasteiger partial charge in [-0.1, -0.05) is 19.1 Å². The number of anilines is 1. The normalized spacial score (nSPS) is 25.3. The lowest BCUT2D eigenvalue weighted by Gasteiger charge is -2.25. The molecule has 1 aliphatic carbocycles. The first-order chi connectivity index (χ1) is 12.5. The lowest BCUT2D eigenvalue weighted by molar-refractivity contribution is -0.122. The molecule has 1 aromatic carbocycles. The zero-order valence-corrected chi connectivity index (χ0v) is 15.2. The van der Waals surface area contributed by atoms with Gasteiger partial charge in [0.1, 0.15) is 10.6 Å². The summed E-state index contributed by atoms with van der Waals surface area (Å²) in [5.74, 6) is -0.351. The molecule has 0 radical (unpaired) electrons. The number of imide groups is 1. The Morgan fingerprint density at radius 2 is 1.92 bits per heavy atom. The minimum atomic E-state index is -0.446. The number of carbonyl (C=O) groups is 3. The van der Waals surface area contributed by atoms with E-state index >= 15 is 0 Å². The summed E-state index contributed by atoms with van der Waals surface area (Å²) >= 11 is 1.30. The number of rotatable bonds is 3. The summed E-state index contributed by atoms with van der Waals surface area (Å²) in [5, 5.41) is 1.80. The highest BCUT2D eigenvalue weighted by atomic mass is 32.1. The van der Waals surface area contributed by atoms with Crippen molar-refractivity contribution in [3.63, 3.8) is 0 Å². The monoisotopic (exact) mass is 369 g/mol. The third-order valence-corrected chi connectivity index (χ3v) is 6.05. The van der Waals surface area contributed by atoms with Crippen LogP contribution in [0.3, 0.4) is 0 Å². The number of hydrogen-bond acceptors (Lipinski definition) is 5. The van der Waals surface area contributed by atoms with Crippen molar-refractivity contribution in [3.05, 3.63) is 46.7 Å². The van der Waals surface area contributed by atoms with E-state index in [1.54, 1.807) is 41.8 Å². The average Bonchev–Trinajstić information content (AvgIpc) is 3.23. The molecule has 2 amide bonds. The van der Waals surface area contributed by atoms with Crippen molar-refractivity contribution >= 4 is 34.8 Å². The standard InChI is InChI=1S/C20H19NO4S/c1-12-7-8-15-16(10-12)19(23)21(18(15)22)13-4-2-5-14(11-13)25-20(24)17-6-3-9-26-17/h2-6,9,11-12,15-16H,7-8,10H2,1H3/t12-,15-,16+/m1/s1. The van der Waals surface area contributed by atoms with Crippen LogP contribution in [-0.4, -0.2) is 17.8 Å². The number of ether oxygens (including phenoxy) is 1. The first kappa shape index (κ1) is 17.0. The predicted molar refractivity (Wildman–Crippen MR) is 98.2 cm³/mol. The molecule has 1 saturated heterocycles. The first-order valence-electron chi connectivity index (χ1n) is 8.78. The lowest BCUT2D eigenvalue weighted by atomic mass is 9.76. The van der Waals surface area contributed by atoms with Crippen LogP contribution in [0.5, 0.6) is 5.75 Å². The fraction of sp³-hybridized carbons (Fsp3) is 0.350. The third kappa shape index (κ3) is 2.94. The van der Waals surface area contributed by atoms with Crippen molar-refractivity contribution in [2.75, 3.05) is 4.90 Å². The van der Waals surface area contributed by atoms with Gasteiger partial charge in [0, 0.05) is 6.07 Å². The summed E-state index contributed by atoms with van der Waals surface area (Å²) in [4.78, 5) is 39.5. The molecule has 1 saturated carbocycles. The van der Waals surface area contributed by atoms with Gasteiger partial charge in [-0.25, -0.2) is 9.69 Å². The maximum atomic E-state index is 12.8. The smallest absolute Gasteiger partial charge is 0.353 e. The molecule has 1 aromatic heterocycles. The molecule has 2 fully saturated rings. The highest BCUT2D eigenvalue weighted by Crippen LogP contribution is 2.42. The second-order valence-corrected chi connectivity index (χ2v) is 7.95. The van der Waals surface area contributed by atoms with Crippen LogP contribution in [-0.2, 0) is 9.59 Å². The second-order valence-electron chi connectivity index (χ2n) is 7.01. The van der Waals surface area contributed by atoms with Gasteiger partial charge in [0.2, 0.25) is 11.8 Å². The molecule has 0 spiro atoms. The zero-order chi connectivity index (χ0) is 18.3. The number of thiophene rings is 1. The minimum Gasteiger partial charge on any atom is -0.422 e. The van der Waals surface area contributed by atoms with Crippen molar-refractivity contribution < 1.29 is 19.1 Å². The van der Waals surface area contributed by atoms with E-state index in [2.05, 4.69) is 6.92 Å².